The van der Waals surface area contributed by atoms with Crippen LogP contribution in [0.15, 0.2) is 54.6 Å². The Labute approximate surface area is 216 Å². The normalized spacial score (nSPS) is 16.6. The zero-order valence-corrected chi connectivity index (χ0v) is 21.5. The van der Waals surface area contributed by atoms with Crippen LogP contribution in [0.1, 0.15) is 34.0 Å². The van der Waals surface area contributed by atoms with Gasteiger partial charge in [0, 0.05) is 30.2 Å². The monoisotopic (exact) mass is 500 g/mol. The summed E-state index contributed by atoms with van der Waals surface area (Å²) in [5.74, 6) is 3.18. The fourth-order valence-electron chi connectivity index (χ4n) is 5.88. The van der Waals surface area contributed by atoms with Crippen molar-refractivity contribution < 1.29 is 24.1 Å². The third-order valence-electron chi connectivity index (χ3n) is 7.83. The molecule has 0 radical (unpaired) electrons. The van der Waals surface area contributed by atoms with Gasteiger partial charge in [0.25, 0.3) is 0 Å². The Bertz CT molecular complexity index is 1440. The third kappa shape index (κ3) is 4.08. The molecule has 2 aliphatic heterocycles. The van der Waals surface area contributed by atoms with E-state index in [1.54, 1.807) is 21.3 Å². The molecule has 6 rings (SSSR count). The highest BCUT2D eigenvalue weighted by Crippen LogP contribution is 2.45. The van der Waals surface area contributed by atoms with Crippen molar-refractivity contribution in [2.45, 2.75) is 38.8 Å². The van der Waals surface area contributed by atoms with Gasteiger partial charge in [0.1, 0.15) is 24.8 Å². The van der Waals surface area contributed by atoms with E-state index < -0.39 is 0 Å². The van der Waals surface area contributed by atoms with Crippen LogP contribution in [-0.4, -0.2) is 42.4 Å². The topological polar surface area (TPSA) is 65.3 Å². The maximum atomic E-state index is 10.2. The molecule has 192 valence electrons. The van der Waals surface area contributed by atoms with Crippen LogP contribution in [0.5, 0.6) is 23.0 Å². The molecule has 0 saturated carbocycles. The van der Waals surface area contributed by atoms with Crippen molar-refractivity contribution in [3.63, 3.8) is 0 Å². The first kappa shape index (κ1) is 23.7. The van der Waals surface area contributed by atoms with Crippen molar-refractivity contribution >= 4 is 10.9 Å². The maximum Gasteiger partial charge on any atom is 0.161 e. The van der Waals surface area contributed by atoms with Gasteiger partial charge in [0.05, 0.1) is 26.8 Å². The molecule has 3 aromatic carbocycles. The van der Waals surface area contributed by atoms with Crippen LogP contribution >= 0.6 is 0 Å². The van der Waals surface area contributed by atoms with Crippen LogP contribution in [-0.2, 0) is 32.7 Å². The van der Waals surface area contributed by atoms with Gasteiger partial charge in [-0.15, -0.1) is 0 Å². The number of aromatic nitrogens is 1. The van der Waals surface area contributed by atoms with Gasteiger partial charge < -0.3 is 28.6 Å². The molecule has 0 amide bonds. The molecule has 1 aromatic heterocycles. The summed E-state index contributed by atoms with van der Waals surface area (Å²) in [5, 5.41) is 11.3. The lowest BCUT2D eigenvalue weighted by Crippen LogP contribution is -2.39. The predicted molar refractivity (Wildman–Crippen MR) is 142 cm³/mol. The molecule has 1 N–H and O–H groups in total. The number of benzene rings is 3. The van der Waals surface area contributed by atoms with E-state index in [2.05, 4.69) is 23.1 Å². The molecule has 3 heterocycles. The van der Waals surface area contributed by atoms with Crippen LogP contribution in [0.3, 0.4) is 0 Å². The molecule has 37 heavy (non-hydrogen) atoms. The van der Waals surface area contributed by atoms with Crippen molar-refractivity contribution in [3.05, 3.63) is 82.5 Å². The average Bonchev–Trinajstić information content (AvgIpc) is 3.26. The van der Waals surface area contributed by atoms with Gasteiger partial charge in [0.2, 0.25) is 0 Å². The fraction of sp³-hybridized carbons (Fsp3) is 0.333. The van der Waals surface area contributed by atoms with E-state index in [4.69, 9.17) is 18.9 Å². The minimum atomic E-state index is -0.0318. The quantitative estimate of drug-likeness (QED) is 0.391. The van der Waals surface area contributed by atoms with E-state index in [1.165, 1.54) is 22.4 Å². The van der Waals surface area contributed by atoms with Crippen LogP contribution < -0.4 is 18.9 Å². The SMILES string of the molecule is COc1ccc(COc2cc3c(cc2OC)C2Cc4c(n(CO)c5ccc(OC)cc45)CN2CC3)cc1. The van der Waals surface area contributed by atoms with Crippen molar-refractivity contribution in [2.75, 3.05) is 27.9 Å². The first-order chi connectivity index (χ1) is 18.1. The summed E-state index contributed by atoms with van der Waals surface area (Å²) in [6.07, 6.45) is 1.81. The second-order valence-corrected chi connectivity index (χ2v) is 9.66. The highest BCUT2D eigenvalue weighted by Gasteiger charge is 2.36. The minimum absolute atomic E-state index is 0.0318. The van der Waals surface area contributed by atoms with Crippen molar-refractivity contribution in [1.82, 2.24) is 9.47 Å². The van der Waals surface area contributed by atoms with Crippen LogP contribution in [0.4, 0.5) is 0 Å². The number of rotatable bonds is 7. The Morgan fingerprint density at radius 3 is 2.41 bits per heavy atom. The Kier molecular flexibility index (Phi) is 6.18. The molecule has 7 nitrogen and oxygen atoms in total. The molecule has 4 aromatic rings. The average molecular weight is 501 g/mol. The van der Waals surface area contributed by atoms with Crippen LogP contribution in [0.25, 0.3) is 10.9 Å². The second kappa shape index (κ2) is 9.65. The van der Waals surface area contributed by atoms with E-state index in [0.29, 0.717) is 6.61 Å². The van der Waals surface area contributed by atoms with E-state index in [-0.39, 0.29) is 12.8 Å². The van der Waals surface area contributed by atoms with E-state index in [0.717, 1.165) is 65.4 Å². The van der Waals surface area contributed by atoms with Crippen molar-refractivity contribution in [3.8, 4) is 23.0 Å². The lowest BCUT2D eigenvalue weighted by molar-refractivity contribution is 0.145. The molecule has 0 aliphatic carbocycles. The molecule has 2 aliphatic rings. The largest absolute Gasteiger partial charge is 0.497 e. The summed E-state index contributed by atoms with van der Waals surface area (Å²) in [4.78, 5) is 2.52. The molecule has 0 saturated heterocycles. The molecule has 0 bridgehead atoms. The van der Waals surface area contributed by atoms with Gasteiger partial charge >= 0.3 is 0 Å². The van der Waals surface area contributed by atoms with Crippen molar-refractivity contribution in [2.24, 2.45) is 0 Å². The number of ether oxygens (including phenoxy) is 4. The number of aliphatic hydroxyl groups excluding tert-OH is 1. The van der Waals surface area contributed by atoms with Crippen LogP contribution in [0, 0.1) is 0 Å². The van der Waals surface area contributed by atoms with E-state index >= 15 is 0 Å². The smallest absolute Gasteiger partial charge is 0.161 e. The number of hydrogen-bond donors (Lipinski definition) is 1. The van der Waals surface area contributed by atoms with E-state index in [9.17, 15) is 5.11 Å². The summed E-state index contributed by atoms with van der Waals surface area (Å²) < 4.78 is 24.8. The fourth-order valence-corrected chi connectivity index (χ4v) is 5.88. The first-order valence-corrected chi connectivity index (χ1v) is 12.6. The van der Waals surface area contributed by atoms with Crippen molar-refractivity contribution in [1.29, 1.82) is 0 Å². The van der Waals surface area contributed by atoms with Gasteiger partial charge in [-0.3, -0.25) is 4.90 Å². The molecule has 0 spiro atoms. The van der Waals surface area contributed by atoms with Crippen LogP contribution in [0.2, 0.25) is 0 Å². The summed E-state index contributed by atoms with van der Waals surface area (Å²) in [6.45, 7) is 2.18. The Morgan fingerprint density at radius 2 is 1.68 bits per heavy atom. The molecule has 1 unspecified atom stereocenters. The van der Waals surface area contributed by atoms with Gasteiger partial charge in [-0.2, -0.15) is 0 Å². The maximum absolute atomic E-state index is 10.2. The number of hydrogen-bond acceptors (Lipinski definition) is 6. The lowest BCUT2D eigenvalue weighted by Gasteiger charge is -2.41. The Morgan fingerprint density at radius 1 is 0.892 bits per heavy atom. The first-order valence-electron chi connectivity index (χ1n) is 12.6. The molecular formula is C30H32N2O5. The van der Waals surface area contributed by atoms with Gasteiger partial charge in [-0.25, -0.2) is 0 Å². The molecular weight excluding hydrogens is 468 g/mol. The highest BCUT2D eigenvalue weighted by molar-refractivity contribution is 5.87. The Hall–Kier alpha value is -3.68. The Balaban J connectivity index is 1.32. The highest BCUT2D eigenvalue weighted by atomic mass is 16.5. The zero-order valence-electron chi connectivity index (χ0n) is 21.5. The molecule has 1 atom stereocenters. The zero-order chi connectivity index (χ0) is 25.5. The van der Waals surface area contributed by atoms with E-state index in [1.807, 2.05) is 41.0 Å². The van der Waals surface area contributed by atoms with Gasteiger partial charge in [-0.05, 0) is 77.6 Å². The summed E-state index contributed by atoms with van der Waals surface area (Å²) >= 11 is 0. The summed E-state index contributed by atoms with van der Waals surface area (Å²) in [6, 6.07) is 18.6. The van der Waals surface area contributed by atoms with Gasteiger partial charge in [0.15, 0.2) is 11.5 Å². The number of aliphatic hydroxyl groups is 1. The number of nitrogens with zero attached hydrogens (tertiary/aromatic N) is 2. The minimum Gasteiger partial charge on any atom is -0.497 e. The van der Waals surface area contributed by atoms with Gasteiger partial charge in [-0.1, -0.05) is 12.1 Å². The lowest BCUT2D eigenvalue weighted by atomic mass is 9.85. The predicted octanol–water partition coefficient (Wildman–Crippen LogP) is 4.85. The third-order valence-corrected chi connectivity index (χ3v) is 7.83. The molecule has 7 heteroatoms. The summed E-state index contributed by atoms with van der Waals surface area (Å²) in [5.41, 5.74) is 7.19. The standard InChI is InChI=1S/C30H32N2O5/c1-34-21-6-4-19(5-7-21)17-37-30-12-20-10-11-31-16-28-25(14-27(31)23(20)15-29(30)36-3)24-13-22(35-2)8-9-26(24)32(28)18-33/h4-9,12-13,15,27,33H,10-11,14,16-18H2,1-3H3. The number of fused-ring (bicyclic) bond motifs is 6. The molecule has 0 fully saturated rings. The number of methoxy groups -OCH3 is 3. The summed E-state index contributed by atoms with van der Waals surface area (Å²) in [7, 11) is 5.05. The second-order valence-electron chi connectivity index (χ2n) is 9.66.